The molecule has 0 aromatic heterocycles. The molecule has 1 N–H and O–H groups in total. The van der Waals surface area contributed by atoms with Crippen LogP contribution in [0.4, 0.5) is 0 Å². The van der Waals surface area contributed by atoms with Crippen molar-refractivity contribution >= 4 is 29.2 Å². The van der Waals surface area contributed by atoms with Gasteiger partial charge in [-0.2, -0.15) is 0 Å². The lowest BCUT2D eigenvalue weighted by Crippen LogP contribution is -2.04. The molecule has 0 radical (unpaired) electrons. The maximum atomic E-state index is 11.4. The summed E-state index contributed by atoms with van der Waals surface area (Å²) in [5.41, 5.74) is 0.185. The highest BCUT2D eigenvalue weighted by Gasteiger charge is 2.12. The highest BCUT2D eigenvalue weighted by atomic mass is 35.5. The molecule has 80 valence electrons. The van der Waals surface area contributed by atoms with E-state index < -0.39 is 5.97 Å². The van der Waals surface area contributed by atoms with Gasteiger partial charge >= 0.3 is 5.97 Å². The summed E-state index contributed by atoms with van der Waals surface area (Å²) in [6, 6.07) is 2.57. The van der Waals surface area contributed by atoms with Gasteiger partial charge < -0.3 is 9.84 Å². The van der Waals surface area contributed by atoms with Gasteiger partial charge in [0.05, 0.1) is 15.6 Å². The van der Waals surface area contributed by atoms with Gasteiger partial charge in [-0.1, -0.05) is 35.9 Å². The van der Waals surface area contributed by atoms with Crippen molar-refractivity contribution in [3.8, 4) is 5.75 Å². The van der Waals surface area contributed by atoms with Crippen molar-refractivity contribution in [2.75, 3.05) is 6.61 Å². The van der Waals surface area contributed by atoms with Crippen molar-refractivity contribution in [1.29, 1.82) is 0 Å². The van der Waals surface area contributed by atoms with Crippen molar-refractivity contribution in [2.45, 2.75) is 0 Å². The largest absolute Gasteiger partial charge is 0.505 e. The van der Waals surface area contributed by atoms with Gasteiger partial charge in [0.15, 0.2) is 5.75 Å². The maximum Gasteiger partial charge on any atom is 0.338 e. The number of carbonyl (C=O) groups excluding carboxylic acids is 1. The summed E-state index contributed by atoms with van der Waals surface area (Å²) in [4.78, 5) is 11.4. The van der Waals surface area contributed by atoms with E-state index in [0.29, 0.717) is 0 Å². The van der Waals surface area contributed by atoms with Crippen LogP contribution in [0, 0.1) is 0 Å². The Balaban J connectivity index is 2.95. The second-order valence-corrected chi connectivity index (χ2v) is 3.49. The Bertz CT molecular complexity index is 379. The SMILES string of the molecule is C=CCOC(=O)c1cc(Cl)c(O)c(Cl)c1. The number of ether oxygens (including phenoxy) is 1. The Labute approximate surface area is 96.9 Å². The Morgan fingerprint density at radius 2 is 2.00 bits per heavy atom. The second kappa shape index (κ2) is 5.05. The van der Waals surface area contributed by atoms with Crippen LogP contribution in [0.25, 0.3) is 0 Å². The maximum absolute atomic E-state index is 11.4. The molecule has 0 atom stereocenters. The second-order valence-electron chi connectivity index (χ2n) is 2.68. The molecule has 0 fully saturated rings. The summed E-state index contributed by atoms with van der Waals surface area (Å²) in [5.74, 6) is -0.822. The molecule has 15 heavy (non-hydrogen) atoms. The van der Waals surface area contributed by atoms with Crippen molar-refractivity contribution in [2.24, 2.45) is 0 Å². The third-order valence-corrected chi connectivity index (χ3v) is 2.16. The number of rotatable bonds is 3. The Hall–Kier alpha value is -1.19. The zero-order chi connectivity index (χ0) is 11.4. The van der Waals surface area contributed by atoms with Crippen LogP contribution in [-0.4, -0.2) is 17.7 Å². The minimum absolute atomic E-state index is 0.00746. The number of hydrogen-bond acceptors (Lipinski definition) is 3. The van der Waals surface area contributed by atoms with Crippen LogP contribution >= 0.6 is 23.2 Å². The van der Waals surface area contributed by atoms with Crippen molar-refractivity contribution in [3.63, 3.8) is 0 Å². The lowest BCUT2D eigenvalue weighted by Gasteiger charge is -2.04. The van der Waals surface area contributed by atoms with Crippen LogP contribution in [0.3, 0.4) is 0 Å². The van der Waals surface area contributed by atoms with Gasteiger partial charge in [0.2, 0.25) is 0 Å². The highest BCUT2D eigenvalue weighted by Crippen LogP contribution is 2.32. The van der Waals surface area contributed by atoms with Gasteiger partial charge in [-0.15, -0.1) is 0 Å². The molecule has 0 spiro atoms. The summed E-state index contributed by atoms with van der Waals surface area (Å²) in [6.07, 6.45) is 1.45. The molecule has 0 aliphatic heterocycles. The van der Waals surface area contributed by atoms with E-state index in [0.717, 1.165) is 0 Å². The quantitative estimate of drug-likeness (QED) is 0.659. The number of phenolic OH excluding ortho intramolecular Hbond substituents is 1. The van der Waals surface area contributed by atoms with Crippen molar-refractivity contribution in [1.82, 2.24) is 0 Å². The fourth-order valence-corrected chi connectivity index (χ4v) is 1.39. The van der Waals surface area contributed by atoms with Gasteiger partial charge in [-0.3, -0.25) is 0 Å². The monoisotopic (exact) mass is 246 g/mol. The zero-order valence-electron chi connectivity index (χ0n) is 7.67. The van der Waals surface area contributed by atoms with Gasteiger partial charge in [-0.25, -0.2) is 4.79 Å². The highest BCUT2D eigenvalue weighted by molar-refractivity contribution is 6.37. The van der Waals surface area contributed by atoms with Crippen LogP contribution in [-0.2, 0) is 4.74 Å². The third-order valence-electron chi connectivity index (χ3n) is 1.58. The number of esters is 1. The number of aromatic hydroxyl groups is 1. The zero-order valence-corrected chi connectivity index (χ0v) is 9.18. The first-order valence-electron chi connectivity index (χ1n) is 4.02. The Kier molecular flexibility index (Phi) is 4.00. The fourth-order valence-electron chi connectivity index (χ4n) is 0.901. The number of carbonyl (C=O) groups is 1. The standard InChI is InChI=1S/C10H8Cl2O3/c1-2-3-15-10(14)6-4-7(11)9(13)8(12)5-6/h2,4-5,13H,1,3H2. The van der Waals surface area contributed by atoms with Crippen LogP contribution in [0.15, 0.2) is 24.8 Å². The molecule has 0 bridgehead atoms. The molecular formula is C10H8Cl2O3. The van der Waals surface area contributed by atoms with E-state index in [1.807, 2.05) is 0 Å². The molecule has 0 unspecified atom stereocenters. The molecule has 3 nitrogen and oxygen atoms in total. The van der Waals surface area contributed by atoms with Crippen LogP contribution < -0.4 is 0 Å². The first-order valence-corrected chi connectivity index (χ1v) is 4.78. The summed E-state index contributed by atoms with van der Waals surface area (Å²) in [5, 5.41) is 9.27. The van der Waals surface area contributed by atoms with E-state index >= 15 is 0 Å². The fraction of sp³-hybridized carbons (Fsp3) is 0.100. The normalized spacial score (nSPS) is 9.73. The average Bonchev–Trinajstić information content (AvgIpc) is 2.21. The van der Waals surface area contributed by atoms with E-state index in [9.17, 15) is 9.90 Å². The summed E-state index contributed by atoms with van der Waals surface area (Å²) < 4.78 is 4.77. The minimum atomic E-state index is -0.571. The van der Waals surface area contributed by atoms with Crippen LogP contribution in [0.2, 0.25) is 10.0 Å². The first kappa shape index (κ1) is 11.9. The molecule has 0 saturated heterocycles. The van der Waals surface area contributed by atoms with E-state index in [1.165, 1.54) is 18.2 Å². The molecular weight excluding hydrogens is 239 g/mol. The van der Waals surface area contributed by atoms with Gasteiger partial charge in [-0.05, 0) is 12.1 Å². The van der Waals surface area contributed by atoms with E-state index in [2.05, 4.69) is 6.58 Å². The molecule has 1 aromatic rings. The Morgan fingerprint density at radius 3 is 2.47 bits per heavy atom. The molecule has 1 aromatic carbocycles. The first-order chi connectivity index (χ1) is 7.06. The van der Waals surface area contributed by atoms with Gasteiger partial charge in [0.1, 0.15) is 6.61 Å². The lowest BCUT2D eigenvalue weighted by molar-refractivity contribution is 0.0550. The average molecular weight is 247 g/mol. The molecule has 0 aliphatic rings. The molecule has 0 saturated carbocycles. The van der Waals surface area contributed by atoms with Gasteiger partial charge in [0.25, 0.3) is 0 Å². The third kappa shape index (κ3) is 2.88. The predicted molar refractivity (Wildman–Crippen MR) is 58.6 cm³/mol. The Morgan fingerprint density at radius 1 is 1.47 bits per heavy atom. The molecule has 0 aliphatic carbocycles. The predicted octanol–water partition coefficient (Wildman–Crippen LogP) is 3.04. The smallest absolute Gasteiger partial charge is 0.338 e. The topological polar surface area (TPSA) is 46.5 Å². The van der Waals surface area contributed by atoms with Crippen LogP contribution in [0.5, 0.6) is 5.75 Å². The summed E-state index contributed by atoms with van der Waals surface area (Å²) >= 11 is 11.3. The van der Waals surface area contributed by atoms with Crippen molar-refractivity contribution in [3.05, 3.63) is 40.4 Å². The number of halogens is 2. The summed E-state index contributed by atoms with van der Waals surface area (Å²) in [6.45, 7) is 3.51. The van der Waals surface area contributed by atoms with E-state index in [4.69, 9.17) is 27.9 Å². The summed E-state index contributed by atoms with van der Waals surface area (Å²) in [7, 11) is 0. The van der Waals surface area contributed by atoms with Gasteiger partial charge in [0, 0.05) is 0 Å². The minimum Gasteiger partial charge on any atom is -0.505 e. The molecule has 1 rings (SSSR count). The number of hydrogen-bond donors (Lipinski definition) is 1. The van der Waals surface area contributed by atoms with Crippen LogP contribution in [0.1, 0.15) is 10.4 Å². The number of benzene rings is 1. The molecule has 5 heteroatoms. The number of phenols is 1. The molecule has 0 amide bonds. The molecule has 0 heterocycles. The van der Waals surface area contributed by atoms with Crippen molar-refractivity contribution < 1.29 is 14.6 Å². The lowest BCUT2D eigenvalue weighted by atomic mass is 10.2. The van der Waals surface area contributed by atoms with E-state index in [1.54, 1.807) is 0 Å². The van der Waals surface area contributed by atoms with E-state index in [-0.39, 0.29) is 28.0 Å².